The number of rotatable bonds is 1. The van der Waals surface area contributed by atoms with E-state index < -0.39 is 0 Å². The Morgan fingerprint density at radius 1 is 0.667 bits per heavy atom. The molecule has 0 aliphatic heterocycles. The fourth-order valence-corrected chi connectivity index (χ4v) is 2.82. The maximum atomic E-state index is 11.0. The lowest BCUT2D eigenvalue weighted by atomic mass is 9.92. The van der Waals surface area contributed by atoms with Gasteiger partial charge < -0.3 is 0 Å². The first-order valence-electron chi connectivity index (χ1n) is 5.93. The van der Waals surface area contributed by atoms with Crippen molar-refractivity contribution in [3.8, 4) is 0 Å². The van der Waals surface area contributed by atoms with Crippen molar-refractivity contribution in [2.45, 2.75) is 0 Å². The molecule has 0 bridgehead atoms. The van der Waals surface area contributed by atoms with Crippen molar-refractivity contribution in [1.29, 1.82) is 0 Å². The third kappa shape index (κ3) is 1.08. The van der Waals surface area contributed by atoms with Gasteiger partial charge >= 0.3 is 0 Å². The summed E-state index contributed by atoms with van der Waals surface area (Å²) in [5.41, 5.74) is 0.640. The largest absolute Gasteiger partial charge is 0.285 e. The van der Waals surface area contributed by atoms with Crippen LogP contribution in [-0.4, -0.2) is 6.29 Å². The van der Waals surface area contributed by atoms with Gasteiger partial charge in [-0.15, -0.1) is 0 Å². The topological polar surface area (TPSA) is 17.1 Å². The predicted octanol–water partition coefficient (Wildman–Crippen LogP) is 4.04. The monoisotopic (exact) mass is 229 g/mol. The summed E-state index contributed by atoms with van der Waals surface area (Å²) >= 11 is 0. The number of benzene rings is 4. The first-order valence-corrected chi connectivity index (χ1v) is 5.93. The molecule has 0 aliphatic carbocycles. The fraction of sp³-hybridized carbons (Fsp3) is 0. The molecule has 0 saturated heterocycles. The molecular weight excluding hydrogens is 220 g/mol. The molecule has 4 aromatic rings. The molecule has 0 unspecified atom stereocenters. The minimum Gasteiger partial charge on any atom is -0.285 e. The highest BCUT2D eigenvalue weighted by Crippen LogP contribution is 2.35. The van der Waals surface area contributed by atoms with Crippen LogP contribution in [0.15, 0.2) is 54.6 Å². The minimum absolute atomic E-state index is 0.640. The number of hydrogen-bond donors (Lipinski definition) is 0. The van der Waals surface area contributed by atoms with Crippen molar-refractivity contribution in [3.63, 3.8) is 0 Å². The van der Waals surface area contributed by atoms with E-state index in [-0.39, 0.29) is 0 Å². The molecule has 4 aromatic carbocycles. The zero-order chi connectivity index (χ0) is 12.1. The highest BCUT2D eigenvalue weighted by Gasteiger charge is 2.09. The molecule has 0 aliphatic rings. The van der Waals surface area contributed by atoms with Crippen LogP contribution in [0.3, 0.4) is 0 Å². The van der Waals surface area contributed by atoms with E-state index >= 15 is 0 Å². The van der Waals surface area contributed by atoms with Crippen LogP contribution in [0.5, 0.6) is 0 Å². The van der Waals surface area contributed by atoms with Crippen LogP contribution in [0.25, 0.3) is 32.3 Å². The van der Waals surface area contributed by atoms with Crippen LogP contribution in [0, 0.1) is 0 Å². The molecule has 0 fully saturated rings. The van der Waals surface area contributed by atoms with Gasteiger partial charge in [0, 0.05) is 5.56 Å². The Bertz CT molecular complexity index is 874. The van der Waals surface area contributed by atoms with Crippen molar-refractivity contribution in [3.05, 3.63) is 60.2 Å². The van der Waals surface area contributed by atoms with Crippen molar-refractivity contribution in [1.82, 2.24) is 0 Å². The molecule has 0 saturated carbocycles. The normalized spacial score (nSPS) is 11.6. The Hall–Kier alpha value is -2.41. The van der Waals surface area contributed by atoms with Gasteiger partial charge in [0.25, 0.3) is 0 Å². The van der Waals surface area contributed by atoms with Crippen molar-refractivity contribution in [2.24, 2.45) is 0 Å². The van der Waals surface area contributed by atoms with Gasteiger partial charge in [-0.25, -0.2) is 0 Å². The van der Waals surface area contributed by atoms with Crippen molar-refractivity contribution < 1.29 is 4.79 Å². The molecular formula is C17H9O. The molecule has 0 amide bonds. The maximum Gasteiger partial charge on any atom is 0.234 e. The Kier molecular flexibility index (Phi) is 1.76. The summed E-state index contributed by atoms with van der Waals surface area (Å²) in [6.45, 7) is 0. The van der Waals surface area contributed by atoms with E-state index in [2.05, 4.69) is 36.4 Å². The first kappa shape index (κ1) is 9.60. The van der Waals surface area contributed by atoms with Gasteiger partial charge in [0.05, 0.1) is 0 Å². The van der Waals surface area contributed by atoms with Crippen LogP contribution in [0.1, 0.15) is 5.56 Å². The van der Waals surface area contributed by atoms with Gasteiger partial charge in [-0.05, 0) is 38.4 Å². The third-order valence-corrected chi connectivity index (χ3v) is 3.64. The molecule has 0 heterocycles. The molecule has 1 nitrogen and oxygen atoms in total. The van der Waals surface area contributed by atoms with Crippen molar-refractivity contribution in [2.75, 3.05) is 0 Å². The Morgan fingerprint density at radius 2 is 1.28 bits per heavy atom. The van der Waals surface area contributed by atoms with Crippen LogP contribution < -0.4 is 0 Å². The van der Waals surface area contributed by atoms with Gasteiger partial charge in [-0.3, -0.25) is 4.79 Å². The fourth-order valence-electron chi connectivity index (χ4n) is 2.82. The maximum absolute atomic E-state index is 11.0. The van der Waals surface area contributed by atoms with E-state index in [4.69, 9.17) is 0 Å². The quantitative estimate of drug-likeness (QED) is 0.450. The lowest BCUT2D eigenvalue weighted by Crippen LogP contribution is -1.88. The van der Waals surface area contributed by atoms with Gasteiger partial charge in [-0.1, -0.05) is 48.5 Å². The van der Waals surface area contributed by atoms with Crippen LogP contribution in [0.4, 0.5) is 0 Å². The molecule has 0 N–H and O–H groups in total. The molecule has 0 aromatic heterocycles. The summed E-state index contributed by atoms with van der Waals surface area (Å²) in [6, 6.07) is 18.5. The second-order valence-electron chi connectivity index (χ2n) is 4.57. The highest BCUT2D eigenvalue weighted by atomic mass is 16.1. The smallest absolute Gasteiger partial charge is 0.234 e. The summed E-state index contributed by atoms with van der Waals surface area (Å²) in [5, 5.41) is 7.01. The van der Waals surface area contributed by atoms with Gasteiger partial charge in [0.1, 0.15) is 0 Å². The second-order valence-corrected chi connectivity index (χ2v) is 4.57. The standard InChI is InChI=1S/C17H9O/c18-10-14-7-6-13-5-4-11-2-1-3-12-8-9-15(14)17(13)16(11)12/h1-9H. The number of hydrogen-bond acceptors (Lipinski definition) is 1. The molecule has 1 radical (unpaired) electrons. The van der Waals surface area contributed by atoms with Crippen LogP contribution in [-0.2, 0) is 4.79 Å². The van der Waals surface area contributed by atoms with E-state index in [0.29, 0.717) is 5.56 Å². The SMILES string of the molecule is O=[C]c1ccc2ccc3cccc4ccc1c2c34. The van der Waals surface area contributed by atoms with E-state index in [1.165, 1.54) is 26.9 Å². The molecule has 0 spiro atoms. The van der Waals surface area contributed by atoms with Crippen LogP contribution >= 0.6 is 0 Å². The van der Waals surface area contributed by atoms with Gasteiger partial charge in [0.2, 0.25) is 6.29 Å². The third-order valence-electron chi connectivity index (χ3n) is 3.64. The number of carbonyl (C=O) groups excluding carboxylic acids is 1. The minimum atomic E-state index is 0.640. The van der Waals surface area contributed by atoms with E-state index in [1.807, 2.05) is 24.5 Å². The molecule has 83 valence electrons. The Labute approximate surface area is 104 Å². The summed E-state index contributed by atoms with van der Waals surface area (Å²) < 4.78 is 0. The predicted molar refractivity (Wildman–Crippen MR) is 74.9 cm³/mol. The van der Waals surface area contributed by atoms with Gasteiger partial charge in [-0.2, -0.15) is 0 Å². The highest BCUT2D eigenvalue weighted by molar-refractivity contribution is 6.25. The summed E-state index contributed by atoms with van der Waals surface area (Å²) in [4.78, 5) is 11.0. The molecule has 18 heavy (non-hydrogen) atoms. The Morgan fingerprint density at radius 3 is 2.00 bits per heavy atom. The zero-order valence-corrected chi connectivity index (χ0v) is 9.60. The van der Waals surface area contributed by atoms with Crippen molar-refractivity contribution >= 4 is 38.6 Å². The van der Waals surface area contributed by atoms with E-state index in [1.54, 1.807) is 0 Å². The Balaban J connectivity index is 2.43. The molecule has 4 rings (SSSR count). The molecule has 0 atom stereocenters. The lowest BCUT2D eigenvalue weighted by molar-refractivity contribution is 0.563. The average Bonchev–Trinajstić information content (AvgIpc) is 2.44. The first-order chi connectivity index (χ1) is 8.88. The summed E-state index contributed by atoms with van der Waals surface area (Å²) in [7, 11) is 0. The lowest BCUT2D eigenvalue weighted by Gasteiger charge is -2.11. The van der Waals surface area contributed by atoms with E-state index in [9.17, 15) is 4.79 Å². The van der Waals surface area contributed by atoms with E-state index in [0.717, 1.165) is 5.39 Å². The molecule has 1 heteroatoms. The second kappa shape index (κ2) is 3.30. The average molecular weight is 229 g/mol. The summed E-state index contributed by atoms with van der Waals surface area (Å²) in [6.07, 6.45) is 2.03. The van der Waals surface area contributed by atoms with Crippen LogP contribution in [0.2, 0.25) is 0 Å². The van der Waals surface area contributed by atoms with Gasteiger partial charge in [0.15, 0.2) is 0 Å². The zero-order valence-electron chi connectivity index (χ0n) is 9.60. The summed E-state index contributed by atoms with van der Waals surface area (Å²) in [5.74, 6) is 0.